The Balaban J connectivity index is 1.39. The molecule has 0 spiro atoms. The van der Waals surface area contributed by atoms with E-state index in [2.05, 4.69) is 15.4 Å². The fourth-order valence-electron chi connectivity index (χ4n) is 3.29. The van der Waals surface area contributed by atoms with Gasteiger partial charge in [-0.2, -0.15) is 5.10 Å². The molecule has 2 heterocycles. The fraction of sp³-hybridized carbons (Fsp3) is 0.120. The zero-order valence-electron chi connectivity index (χ0n) is 18.7. The van der Waals surface area contributed by atoms with Gasteiger partial charge in [0.2, 0.25) is 5.91 Å². The summed E-state index contributed by atoms with van der Waals surface area (Å²) < 4.78 is 1.32. The van der Waals surface area contributed by atoms with Crippen molar-refractivity contribution in [1.29, 1.82) is 0 Å². The van der Waals surface area contributed by atoms with Gasteiger partial charge in [-0.05, 0) is 36.8 Å². The monoisotopic (exact) mass is 487 g/mol. The van der Waals surface area contributed by atoms with E-state index in [1.165, 1.54) is 40.3 Å². The normalized spacial score (nSPS) is 11.0. The highest BCUT2D eigenvalue weighted by molar-refractivity contribution is 7.18. The largest absolute Gasteiger partial charge is 0.351 e. The van der Waals surface area contributed by atoms with E-state index in [0.717, 1.165) is 21.1 Å². The maximum Gasteiger partial charge on any atom is 0.269 e. The predicted molar refractivity (Wildman–Crippen MR) is 135 cm³/mol. The second-order valence-electron chi connectivity index (χ2n) is 7.55. The van der Waals surface area contributed by atoms with E-state index in [1.807, 2.05) is 37.3 Å². The van der Waals surface area contributed by atoms with Gasteiger partial charge in [0.05, 0.1) is 22.0 Å². The van der Waals surface area contributed by atoms with Gasteiger partial charge in [0, 0.05) is 36.4 Å². The number of thiazole rings is 1. The molecule has 0 bridgehead atoms. The number of hydrogen-bond acceptors (Lipinski definition) is 7. The Kier molecular flexibility index (Phi) is 7.22. The lowest BCUT2D eigenvalue weighted by Gasteiger charge is -2.07. The minimum Gasteiger partial charge on any atom is -0.351 e. The second kappa shape index (κ2) is 10.7. The number of benzene rings is 2. The van der Waals surface area contributed by atoms with Crippen LogP contribution in [-0.2, 0) is 11.3 Å². The summed E-state index contributed by atoms with van der Waals surface area (Å²) in [4.78, 5) is 40.2. The summed E-state index contributed by atoms with van der Waals surface area (Å²) >= 11 is 1.51. The molecule has 0 saturated carbocycles. The van der Waals surface area contributed by atoms with Crippen LogP contribution in [0.1, 0.15) is 11.3 Å². The molecule has 2 aromatic heterocycles. The molecule has 35 heavy (non-hydrogen) atoms. The van der Waals surface area contributed by atoms with Crippen molar-refractivity contribution in [2.45, 2.75) is 13.5 Å². The molecular weight excluding hydrogens is 466 g/mol. The molecule has 0 aliphatic heterocycles. The highest BCUT2D eigenvalue weighted by Gasteiger charge is 2.13. The molecule has 0 aliphatic carbocycles. The Hall–Kier alpha value is -4.44. The fourth-order valence-corrected chi connectivity index (χ4v) is 4.33. The van der Waals surface area contributed by atoms with Crippen LogP contribution < -0.4 is 10.9 Å². The SMILES string of the molecule is Cc1nc(-c2ccccc2)sc1-c1ccc(=O)n(CCNC(=O)C=Cc2ccc([N+](=O)[O-])cc2)n1. The Bertz CT molecular complexity index is 1440. The van der Waals surface area contributed by atoms with Crippen molar-refractivity contribution in [3.05, 3.63) is 105 Å². The summed E-state index contributed by atoms with van der Waals surface area (Å²) in [6.07, 6.45) is 2.89. The molecule has 9 nitrogen and oxygen atoms in total. The van der Waals surface area contributed by atoms with Gasteiger partial charge in [0.15, 0.2) is 0 Å². The number of aryl methyl sites for hydroxylation is 1. The number of rotatable bonds is 8. The van der Waals surface area contributed by atoms with Crippen molar-refractivity contribution in [2.24, 2.45) is 0 Å². The lowest BCUT2D eigenvalue weighted by Crippen LogP contribution is -2.31. The molecule has 4 aromatic rings. The first-order chi connectivity index (χ1) is 16.9. The average Bonchev–Trinajstić information content (AvgIpc) is 3.26. The zero-order valence-corrected chi connectivity index (χ0v) is 19.6. The van der Waals surface area contributed by atoms with E-state index in [0.29, 0.717) is 11.3 Å². The minimum absolute atomic E-state index is 0.0170. The summed E-state index contributed by atoms with van der Waals surface area (Å²) in [6.45, 7) is 2.32. The number of nitrogens with one attached hydrogen (secondary N) is 1. The number of amides is 1. The summed E-state index contributed by atoms with van der Waals surface area (Å²) in [7, 11) is 0. The maximum atomic E-state index is 12.3. The van der Waals surface area contributed by atoms with Crippen molar-refractivity contribution < 1.29 is 9.72 Å². The number of carbonyl (C=O) groups excluding carboxylic acids is 1. The third-order valence-electron chi connectivity index (χ3n) is 5.07. The average molecular weight is 488 g/mol. The van der Waals surface area contributed by atoms with Crippen molar-refractivity contribution >= 4 is 29.0 Å². The highest BCUT2D eigenvalue weighted by Crippen LogP contribution is 2.33. The molecule has 0 radical (unpaired) electrons. The maximum absolute atomic E-state index is 12.3. The van der Waals surface area contributed by atoms with Crippen LogP contribution >= 0.6 is 11.3 Å². The number of carbonyl (C=O) groups is 1. The Morgan fingerprint density at radius 2 is 1.86 bits per heavy atom. The van der Waals surface area contributed by atoms with E-state index in [1.54, 1.807) is 24.3 Å². The van der Waals surface area contributed by atoms with Gasteiger partial charge in [-0.15, -0.1) is 11.3 Å². The molecule has 1 amide bonds. The molecule has 10 heteroatoms. The predicted octanol–water partition coefficient (Wildman–Crippen LogP) is 4.08. The van der Waals surface area contributed by atoms with Crippen LogP contribution in [0.2, 0.25) is 0 Å². The number of nitro benzene ring substituents is 1. The summed E-state index contributed by atoms with van der Waals surface area (Å²) in [5, 5.41) is 18.8. The van der Waals surface area contributed by atoms with Crippen LogP contribution in [0.4, 0.5) is 5.69 Å². The number of hydrogen-bond donors (Lipinski definition) is 1. The Morgan fingerprint density at radius 3 is 2.57 bits per heavy atom. The first-order valence-corrected chi connectivity index (χ1v) is 11.5. The number of non-ortho nitro benzene ring substituents is 1. The first kappa shape index (κ1) is 23.7. The van der Waals surface area contributed by atoms with Crippen molar-refractivity contribution in [2.75, 3.05) is 6.54 Å². The summed E-state index contributed by atoms with van der Waals surface area (Å²) in [6, 6.07) is 18.9. The van der Waals surface area contributed by atoms with Gasteiger partial charge in [0.25, 0.3) is 11.2 Å². The molecule has 0 unspecified atom stereocenters. The van der Waals surface area contributed by atoms with E-state index < -0.39 is 4.92 Å². The molecule has 2 aromatic carbocycles. The second-order valence-corrected chi connectivity index (χ2v) is 8.55. The van der Waals surface area contributed by atoms with E-state index in [-0.39, 0.29) is 30.2 Å². The molecule has 0 aliphatic rings. The van der Waals surface area contributed by atoms with Crippen molar-refractivity contribution in [3.8, 4) is 21.1 Å². The third-order valence-corrected chi connectivity index (χ3v) is 6.30. The van der Waals surface area contributed by atoms with Crippen LogP contribution in [0.5, 0.6) is 0 Å². The molecular formula is C25H21N5O4S. The van der Waals surface area contributed by atoms with E-state index in [9.17, 15) is 19.7 Å². The molecule has 176 valence electrons. The topological polar surface area (TPSA) is 120 Å². The smallest absolute Gasteiger partial charge is 0.269 e. The first-order valence-electron chi connectivity index (χ1n) is 10.7. The van der Waals surface area contributed by atoms with Crippen molar-refractivity contribution in [3.63, 3.8) is 0 Å². The minimum atomic E-state index is -0.482. The lowest BCUT2D eigenvalue weighted by molar-refractivity contribution is -0.384. The zero-order chi connectivity index (χ0) is 24.8. The third kappa shape index (κ3) is 5.92. The lowest BCUT2D eigenvalue weighted by atomic mass is 10.2. The van der Waals surface area contributed by atoms with Gasteiger partial charge in [-0.3, -0.25) is 19.7 Å². The number of nitrogens with zero attached hydrogens (tertiary/aromatic N) is 4. The van der Waals surface area contributed by atoms with Gasteiger partial charge in [0.1, 0.15) is 10.7 Å². The van der Waals surface area contributed by atoms with E-state index >= 15 is 0 Å². The molecule has 0 saturated heterocycles. The van der Waals surface area contributed by atoms with Gasteiger partial charge in [-0.1, -0.05) is 30.3 Å². The number of aromatic nitrogens is 3. The summed E-state index contributed by atoms with van der Waals surface area (Å²) in [5.74, 6) is -0.349. The molecule has 1 N–H and O–H groups in total. The molecule has 4 rings (SSSR count). The molecule has 0 atom stereocenters. The summed E-state index contributed by atoms with van der Waals surface area (Å²) in [5.41, 5.74) is 2.87. The van der Waals surface area contributed by atoms with Crippen LogP contribution in [0.25, 0.3) is 27.2 Å². The van der Waals surface area contributed by atoms with Crippen LogP contribution in [0.15, 0.2) is 77.6 Å². The van der Waals surface area contributed by atoms with E-state index in [4.69, 9.17) is 0 Å². The van der Waals surface area contributed by atoms with Crippen LogP contribution in [-0.4, -0.2) is 32.1 Å². The Labute approximate surface area is 204 Å². The molecule has 0 fully saturated rings. The van der Waals surface area contributed by atoms with Crippen molar-refractivity contribution in [1.82, 2.24) is 20.1 Å². The quantitative estimate of drug-likeness (QED) is 0.227. The van der Waals surface area contributed by atoms with Crippen LogP contribution in [0.3, 0.4) is 0 Å². The van der Waals surface area contributed by atoms with Gasteiger partial charge in [-0.25, -0.2) is 9.67 Å². The number of nitro groups is 1. The standard InChI is InChI=1S/C25H21N5O4S/c1-17-24(35-25(27-17)19-5-3-2-4-6-19)21-12-14-23(32)29(28-21)16-15-26-22(31)13-9-18-7-10-20(11-8-18)30(33)34/h2-14H,15-16H2,1H3,(H,26,31). The highest BCUT2D eigenvalue weighted by atomic mass is 32.1. The Morgan fingerprint density at radius 1 is 1.11 bits per heavy atom. The van der Waals surface area contributed by atoms with Gasteiger partial charge < -0.3 is 5.32 Å². The van der Waals surface area contributed by atoms with Crippen LogP contribution in [0, 0.1) is 17.0 Å². The van der Waals surface area contributed by atoms with Gasteiger partial charge >= 0.3 is 0 Å².